The topological polar surface area (TPSA) is 182 Å². The average Bonchev–Trinajstić information content (AvgIpc) is 3.93. The highest BCUT2D eigenvalue weighted by molar-refractivity contribution is 5.86. The van der Waals surface area contributed by atoms with Crippen LogP contribution in [-0.2, 0) is 18.9 Å². The minimum atomic E-state index is -1.70. The molecular weight excluding hydrogens is 685 g/mol. The second-order valence-electron chi connectivity index (χ2n) is 12.6. The summed E-state index contributed by atoms with van der Waals surface area (Å²) in [6, 6.07) is 16.4. The summed E-state index contributed by atoms with van der Waals surface area (Å²) in [6.45, 7) is 0.447. The van der Waals surface area contributed by atoms with Crippen LogP contribution in [0.3, 0.4) is 0 Å². The molecule has 276 valence electrons. The summed E-state index contributed by atoms with van der Waals surface area (Å²) in [7, 11) is 4.64. The van der Waals surface area contributed by atoms with E-state index < -0.39 is 49.1 Å². The standard InChI is InChI=1S/C36H38FN3O12/c1-45-25-10-4-18(12-27(25)46-2)33-22-15-49-34(23(22)16-48-33)19-5-11-26(28(13-19)47-3)51-36-32(43)31(42)30(41)29(52-36)17-50-35(44)24-14-40(39-38-24)21-8-6-20(37)7-9-21/h4-14,22-23,29-34,36,41-43H,15-17H2,1-3H3/t22-,23-,29+,30+,31-,32+,33-,34+,36-/m0/s1. The van der Waals surface area contributed by atoms with Crippen molar-refractivity contribution in [2.45, 2.75) is 42.9 Å². The number of hydrogen-bond acceptors (Lipinski definition) is 14. The molecule has 52 heavy (non-hydrogen) atoms. The Labute approximate surface area is 297 Å². The first-order valence-electron chi connectivity index (χ1n) is 16.5. The van der Waals surface area contributed by atoms with E-state index in [-0.39, 0.29) is 35.5 Å². The maximum atomic E-state index is 13.3. The van der Waals surface area contributed by atoms with Gasteiger partial charge in [0.25, 0.3) is 0 Å². The third-order valence-electron chi connectivity index (χ3n) is 9.60. The summed E-state index contributed by atoms with van der Waals surface area (Å²) in [5.74, 6) is 0.581. The fourth-order valence-corrected chi connectivity index (χ4v) is 6.81. The predicted octanol–water partition coefficient (Wildman–Crippen LogP) is 2.55. The number of nitrogens with zero attached hydrogens (tertiary/aromatic N) is 3. The van der Waals surface area contributed by atoms with Gasteiger partial charge in [-0.25, -0.2) is 13.9 Å². The van der Waals surface area contributed by atoms with E-state index in [2.05, 4.69) is 10.3 Å². The second kappa shape index (κ2) is 15.0. The highest BCUT2D eigenvalue weighted by Crippen LogP contribution is 2.51. The smallest absolute Gasteiger partial charge is 0.360 e. The number of methoxy groups -OCH3 is 3. The Kier molecular flexibility index (Phi) is 10.3. The van der Waals surface area contributed by atoms with Crippen molar-refractivity contribution >= 4 is 5.97 Å². The molecule has 4 heterocycles. The highest BCUT2D eigenvalue weighted by atomic mass is 19.1. The van der Waals surface area contributed by atoms with Gasteiger partial charge in [0.2, 0.25) is 6.29 Å². The predicted molar refractivity (Wildman–Crippen MR) is 176 cm³/mol. The Balaban J connectivity index is 0.997. The van der Waals surface area contributed by atoms with Crippen molar-refractivity contribution in [3.8, 4) is 28.7 Å². The molecule has 3 aromatic carbocycles. The fourth-order valence-electron chi connectivity index (χ4n) is 6.81. The van der Waals surface area contributed by atoms with Crippen LogP contribution in [0.5, 0.6) is 23.0 Å². The largest absolute Gasteiger partial charge is 0.493 e. The fraction of sp³-hybridized carbons (Fsp3) is 0.417. The summed E-state index contributed by atoms with van der Waals surface area (Å²) < 4.78 is 60.6. The first-order chi connectivity index (χ1) is 25.2. The van der Waals surface area contributed by atoms with Crippen LogP contribution >= 0.6 is 0 Å². The lowest BCUT2D eigenvalue weighted by molar-refractivity contribution is -0.277. The zero-order valence-electron chi connectivity index (χ0n) is 28.4. The molecule has 0 amide bonds. The van der Waals surface area contributed by atoms with Crippen LogP contribution in [0.1, 0.15) is 33.8 Å². The van der Waals surface area contributed by atoms with Gasteiger partial charge in [-0.1, -0.05) is 17.3 Å². The Bertz CT molecular complexity index is 1880. The number of carbonyl (C=O) groups is 1. The maximum absolute atomic E-state index is 13.3. The lowest BCUT2D eigenvalue weighted by Crippen LogP contribution is -2.60. The molecule has 3 N–H and O–H groups in total. The number of ether oxygens (including phenoxy) is 8. The van der Waals surface area contributed by atoms with Crippen molar-refractivity contribution in [2.24, 2.45) is 11.8 Å². The molecule has 3 aliphatic heterocycles. The highest BCUT2D eigenvalue weighted by Gasteiger charge is 2.49. The second-order valence-corrected chi connectivity index (χ2v) is 12.6. The first kappa shape index (κ1) is 35.6. The van der Waals surface area contributed by atoms with Crippen LogP contribution in [-0.4, -0.2) is 108 Å². The maximum Gasteiger partial charge on any atom is 0.360 e. The molecule has 0 spiro atoms. The molecule has 4 aromatic rings. The van der Waals surface area contributed by atoms with Gasteiger partial charge in [-0.15, -0.1) is 5.10 Å². The number of rotatable bonds is 11. The minimum absolute atomic E-state index is 0.0608. The number of esters is 1. The van der Waals surface area contributed by atoms with Gasteiger partial charge in [0.1, 0.15) is 36.8 Å². The number of aromatic nitrogens is 3. The first-order valence-corrected chi connectivity index (χ1v) is 16.5. The molecule has 3 fully saturated rings. The zero-order chi connectivity index (χ0) is 36.5. The van der Waals surface area contributed by atoms with Gasteiger partial charge in [-0.3, -0.25) is 0 Å². The minimum Gasteiger partial charge on any atom is -0.493 e. The molecule has 0 unspecified atom stereocenters. The van der Waals surface area contributed by atoms with Crippen LogP contribution in [0, 0.1) is 17.7 Å². The van der Waals surface area contributed by atoms with Crippen LogP contribution in [0.15, 0.2) is 66.9 Å². The summed E-state index contributed by atoms with van der Waals surface area (Å²) in [4.78, 5) is 12.7. The number of aliphatic hydroxyl groups excluding tert-OH is 3. The molecule has 3 saturated heterocycles. The third-order valence-corrected chi connectivity index (χ3v) is 9.60. The number of carbonyl (C=O) groups excluding carboxylic acids is 1. The van der Waals surface area contributed by atoms with Gasteiger partial charge in [-0.2, -0.15) is 0 Å². The lowest BCUT2D eigenvalue weighted by Gasteiger charge is -2.40. The van der Waals surface area contributed by atoms with Crippen molar-refractivity contribution in [1.82, 2.24) is 15.0 Å². The van der Waals surface area contributed by atoms with E-state index in [1.807, 2.05) is 24.3 Å². The molecule has 0 bridgehead atoms. The Morgan fingerprint density at radius 3 is 2.02 bits per heavy atom. The van der Waals surface area contributed by atoms with E-state index in [9.17, 15) is 24.5 Å². The number of halogens is 1. The Morgan fingerprint density at radius 1 is 0.808 bits per heavy atom. The van der Waals surface area contributed by atoms with Crippen molar-refractivity contribution < 1.29 is 62.4 Å². The van der Waals surface area contributed by atoms with Crippen LogP contribution < -0.4 is 18.9 Å². The molecule has 0 aliphatic carbocycles. The molecule has 1 aromatic heterocycles. The van der Waals surface area contributed by atoms with E-state index in [0.717, 1.165) is 11.1 Å². The molecule has 3 aliphatic rings. The SMILES string of the molecule is COc1ccc([C@@H]2OC[C@H]3[C@@H]2CO[C@@H]3c2ccc(O[C@H]3O[C@H](COC(=O)c4cn(-c5ccc(F)cc5)nn4)[C@@H](O)[C@H](O)[C@H]3O)c(OC)c2)cc1OC. The number of fused-ring (bicyclic) bond motifs is 1. The van der Waals surface area contributed by atoms with Crippen molar-refractivity contribution in [1.29, 1.82) is 0 Å². The summed E-state index contributed by atoms with van der Waals surface area (Å²) in [5, 5.41) is 39.6. The van der Waals surface area contributed by atoms with Crippen molar-refractivity contribution in [2.75, 3.05) is 41.2 Å². The number of benzene rings is 3. The molecular formula is C36H38FN3O12. The van der Waals surface area contributed by atoms with Gasteiger partial charge in [0.05, 0.1) is 58.6 Å². The van der Waals surface area contributed by atoms with Crippen molar-refractivity contribution in [3.63, 3.8) is 0 Å². The summed E-state index contributed by atoms with van der Waals surface area (Å²) in [5.41, 5.74) is 2.10. The normalized spacial score (nSPS) is 28.2. The van der Waals surface area contributed by atoms with Gasteiger partial charge in [0.15, 0.2) is 28.7 Å². The Hall–Kier alpha value is -4.84. The quantitative estimate of drug-likeness (QED) is 0.192. The average molecular weight is 724 g/mol. The third kappa shape index (κ3) is 6.88. The van der Waals surface area contributed by atoms with Gasteiger partial charge in [-0.05, 0) is 59.7 Å². The van der Waals surface area contributed by atoms with Gasteiger partial charge >= 0.3 is 5.97 Å². The zero-order valence-corrected chi connectivity index (χ0v) is 28.4. The van der Waals surface area contributed by atoms with Crippen LogP contribution in [0.4, 0.5) is 4.39 Å². The Morgan fingerprint density at radius 2 is 1.40 bits per heavy atom. The molecule has 0 saturated carbocycles. The van der Waals surface area contributed by atoms with Gasteiger partial charge < -0.3 is 53.2 Å². The molecule has 7 rings (SSSR count). The van der Waals surface area contributed by atoms with E-state index in [0.29, 0.717) is 36.1 Å². The summed E-state index contributed by atoms with van der Waals surface area (Å²) >= 11 is 0. The molecule has 16 heteroatoms. The molecule has 9 atom stereocenters. The summed E-state index contributed by atoms with van der Waals surface area (Å²) in [6.07, 6.45) is -6.92. The monoisotopic (exact) mass is 723 g/mol. The van der Waals surface area contributed by atoms with E-state index in [1.165, 1.54) is 42.3 Å². The number of aliphatic hydroxyl groups is 3. The van der Waals surface area contributed by atoms with Gasteiger partial charge in [0, 0.05) is 11.8 Å². The molecule has 0 radical (unpaired) electrons. The number of hydrogen-bond donors (Lipinski definition) is 3. The molecule has 15 nitrogen and oxygen atoms in total. The van der Waals surface area contributed by atoms with Crippen LogP contribution in [0.2, 0.25) is 0 Å². The lowest BCUT2D eigenvalue weighted by atomic mass is 9.85. The van der Waals surface area contributed by atoms with Crippen LogP contribution in [0.25, 0.3) is 5.69 Å². The van der Waals surface area contributed by atoms with Crippen molar-refractivity contribution in [3.05, 3.63) is 89.5 Å². The van der Waals surface area contributed by atoms with E-state index in [1.54, 1.807) is 26.4 Å². The van der Waals surface area contributed by atoms with E-state index >= 15 is 0 Å². The van der Waals surface area contributed by atoms with E-state index in [4.69, 9.17) is 37.9 Å².